The van der Waals surface area contributed by atoms with E-state index < -0.39 is 0 Å². The maximum Gasteiger partial charge on any atom is 0.123 e. The number of rotatable bonds is 6. The SMILES string of the molecule is CC(NCCc1cccc(F)c1)c1ccc(N2CCC(O)CC2)cc1. The summed E-state index contributed by atoms with van der Waals surface area (Å²) in [5.41, 5.74) is 3.49. The smallest absolute Gasteiger partial charge is 0.123 e. The van der Waals surface area contributed by atoms with Gasteiger partial charge < -0.3 is 15.3 Å². The summed E-state index contributed by atoms with van der Waals surface area (Å²) < 4.78 is 13.2. The predicted octanol–water partition coefficient (Wildman–Crippen LogP) is 3.68. The van der Waals surface area contributed by atoms with Crippen LogP contribution >= 0.6 is 0 Å². The van der Waals surface area contributed by atoms with Gasteiger partial charge in [0, 0.05) is 24.8 Å². The van der Waals surface area contributed by atoms with Gasteiger partial charge in [-0.25, -0.2) is 4.39 Å². The molecule has 0 aliphatic carbocycles. The summed E-state index contributed by atoms with van der Waals surface area (Å²) in [6.07, 6.45) is 2.37. The molecule has 0 aromatic heterocycles. The molecule has 4 heteroatoms. The van der Waals surface area contributed by atoms with Crippen LogP contribution in [0.4, 0.5) is 10.1 Å². The van der Waals surface area contributed by atoms with Crippen LogP contribution in [-0.4, -0.2) is 30.8 Å². The average Bonchev–Trinajstić information content (AvgIpc) is 2.62. The standard InChI is InChI=1S/C21H27FN2O/c1-16(23-12-9-17-3-2-4-19(22)15-17)18-5-7-20(8-6-18)24-13-10-21(25)11-14-24/h2-8,15-16,21,23,25H,9-14H2,1H3. The van der Waals surface area contributed by atoms with Crippen LogP contribution < -0.4 is 10.2 Å². The number of benzene rings is 2. The van der Waals surface area contributed by atoms with E-state index in [-0.39, 0.29) is 18.0 Å². The van der Waals surface area contributed by atoms with Gasteiger partial charge in [-0.3, -0.25) is 0 Å². The zero-order valence-corrected chi connectivity index (χ0v) is 14.8. The van der Waals surface area contributed by atoms with Crippen LogP contribution in [0.25, 0.3) is 0 Å². The van der Waals surface area contributed by atoms with Crippen LogP contribution in [0.3, 0.4) is 0 Å². The summed E-state index contributed by atoms with van der Waals surface area (Å²) in [7, 11) is 0. The van der Waals surface area contributed by atoms with E-state index in [1.165, 1.54) is 17.3 Å². The van der Waals surface area contributed by atoms with Crippen molar-refractivity contribution in [1.29, 1.82) is 0 Å². The zero-order valence-electron chi connectivity index (χ0n) is 14.8. The summed E-state index contributed by atoms with van der Waals surface area (Å²) in [6.45, 7) is 4.80. The third-order valence-electron chi connectivity index (χ3n) is 4.98. The molecule has 0 spiro atoms. The minimum absolute atomic E-state index is 0.141. The second-order valence-corrected chi connectivity index (χ2v) is 6.87. The molecule has 3 nitrogen and oxygen atoms in total. The van der Waals surface area contributed by atoms with Gasteiger partial charge >= 0.3 is 0 Å². The van der Waals surface area contributed by atoms with Crippen molar-refractivity contribution in [2.75, 3.05) is 24.5 Å². The molecule has 1 saturated heterocycles. The molecule has 0 radical (unpaired) electrons. The van der Waals surface area contributed by atoms with Crippen LogP contribution in [0.15, 0.2) is 48.5 Å². The predicted molar refractivity (Wildman–Crippen MR) is 100 cm³/mol. The molecule has 2 aromatic rings. The van der Waals surface area contributed by atoms with Crippen molar-refractivity contribution in [2.45, 2.75) is 38.3 Å². The number of piperidine rings is 1. The highest BCUT2D eigenvalue weighted by Crippen LogP contribution is 2.22. The van der Waals surface area contributed by atoms with Gasteiger partial charge in [-0.1, -0.05) is 24.3 Å². The van der Waals surface area contributed by atoms with E-state index in [1.54, 1.807) is 12.1 Å². The minimum atomic E-state index is -0.175. The monoisotopic (exact) mass is 342 g/mol. The molecule has 2 aromatic carbocycles. The van der Waals surface area contributed by atoms with E-state index in [0.29, 0.717) is 0 Å². The lowest BCUT2D eigenvalue weighted by Gasteiger charge is -2.31. The van der Waals surface area contributed by atoms with Crippen LogP contribution in [0.5, 0.6) is 0 Å². The molecule has 1 aliphatic heterocycles. The minimum Gasteiger partial charge on any atom is -0.393 e. The first-order valence-corrected chi connectivity index (χ1v) is 9.12. The molecule has 2 N–H and O–H groups in total. The Bertz CT molecular complexity index is 666. The van der Waals surface area contributed by atoms with Crippen molar-refractivity contribution < 1.29 is 9.50 Å². The number of nitrogens with zero attached hydrogens (tertiary/aromatic N) is 1. The Morgan fingerprint density at radius 2 is 1.88 bits per heavy atom. The molecule has 25 heavy (non-hydrogen) atoms. The first-order valence-electron chi connectivity index (χ1n) is 9.12. The number of nitrogens with one attached hydrogen (secondary N) is 1. The highest BCUT2D eigenvalue weighted by atomic mass is 19.1. The highest BCUT2D eigenvalue weighted by Gasteiger charge is 2.17. The maximum atomic E-state index is 13.2. The third kappa shape index (κ3) is 5.03. The summed E-state index contributed by atoms with van der Waals surface area (Å²) in [4.78, 5) is 2.33. The molecular formula is C21H27FN2O. The number of hydrogen-bond donors (Lipinski definition) is 2. The summed E-state index contributed by atoms with van der Waals surface area (Å²) >= 11 is 0. The van der Waals surface area contributed by atoms with Gasteiger partial charge in [0.1, 0.15) is 5.82 Å². The zero-order chi connectivity index (χ0) is 17.6. The maximum absolute atomic E-state index is 13.2. The molecule has 1 atom stereocenters. The Kier molecular flexibility index (Phi) is 6.05. The second kappa shape index (κ2) is 8.45. The Morgan fingerprint density at radius 1 is 1.16 bits per heavy atom. The Hall–Kier alpha value is -1.91. The fourth-order valence-electron chi connectivity index (χ4n) is 3.34. The molecule has 0 bridgehead atoms. The third-order valence-corrected chi connectivity index (χ3v) is 4.98. The average molecular weight is 342 g/mol. The van der Waals surface area contributed by atoms with E-state index >= 15 is 0 Å². The topological polar surface area (TPSA) is 35.5 Å². The van der Waals surface area contributed by atoms with Crippen molar-refractivity contribution >= 4 is 5.69 Å². The van der Waals surface area contributed by atoms with E-state index in [1.807, 2.05) is 6.07 Å². The number of halogens is 1. The van der Waals surface area contributed by atoms with Crippen molar-refractivity contribution in [3.05, 3.63) is 65.5 Å². The van der Waals surface area contributed by atoms with Crippen molar-refractivity contribution in [1.82, 2.24) is 5.32 Å². The van der Waals surface area contributed by atoms with Crippen LogP contribution in [0, 0.1) is 5.82 Å². The van der Waals surface area contributed by atoms with E-state index in [4.69, 9.17) is 0 Å². The van der Waals surface area contributed by atoms with Gasteiger partial charge in [-0.05, 0) is 68.1 Å². The van der Waals surface area contributed by atoms with Gasteiger partial charge in [0.15, 0.2) is 0 Å². The summed E-state index contributed by atoms with van der Waals surface area (Å²) in [5.74, 6) is -0.175. The molecule has 1 heterocycles. The number of hydrogen-bond acceptors (Lipinski definition) is 3. The molecule has 3 rings (SSSR count). The first-order chi connectivity index (χ1) is 12.1. The van der Waals surface area contributed by atoms with Crippen LogP contribution in [0.2, 0.25) is 0 Å². The molecule has 134 valence electrons. The van der Waals surface area contributed by atoms with Crippen molar-refractivity contribution in [3.63, 3.8) is 0 Å². The Morgan fingerprint density at radius 3 is 2.56 bits per heavy atom. The van der Waals surface area contributed by atoms with Crippen molar-refractivity contribution in [2.24, 2.45) is 0 Å². The first kappa shape index (κ1) is 17.9. The van der Waals surface area contributed by atoms with Crippen LogP contribution in [0.1, 0.15) is 36.9 Å². The fraction of sp³-hybridized carbons (Fsp3) is 0.429. The number of aliphatic hydroxyl groups excluding tert-OH is 1. The second-order valence-electron chi connectivity index (χ2n) is 6.87. The summed E-state index contributed by atoms with van der Waals surface area (Å²) in [5, 5.41) is 13.1. The largest absolute Gasteiger partial charge is 0.393 e. The summed E-state index contributed by atoms with van der Waals surface area (Å²) in [6, 6.07) is 15.7. The van der Waals surface area contributed by atoms with Gasteiger partial charge in [-0.2, -0.15) is 0 Å². The van der Waals surface area contributed by atoms with E-state index in [0.717, 1.165) is 44.5 Å². The Labute approximate surface area is 149 Å². The quantitative estimate of drug-likeness (QED) is 0.841. The molecule has 0 amide bonds. The number of anilines is 1. The van der Waals surface area contributed by atoms with E-state index in [9.17, 15) is 9.50 Å². The van der Waals surface area contributed by atoms with Gasteiger partial charge in [0.05, 0.1) is 6.10 Å². The molecule has 1 fully saturated rings. The van der Waals surface area contributed by atoms with Gasteiger partial charge in [0.2, 0.25) is 0 Å². The molecule has 1 unspecified atom stereocenters. The van der Waals surface area contributed by atoms with Gasteiger partial charge in [0.25, 0.3) is 0 Å². The normalized spacial score (nSPS) is 16.8. The lowest BCUT2D eigenvalue weighted by Crippen LogP contribution is -2.35. The van der Waals surface area contributed by atoms with Crippen molar-refractivity contribution in [3.8, 4) is 0 Å². The molecular weight excluding hydrogens is 315 g/mol. The molecule has 0 saturated carbocycles. The van der Waals surface area contributed by atoms with Crippen LogP contribution in [-0.2, 0) is 6.42 Å². The fourth-order valence-corrected chi connectivity index (χ4v) is 3.34. The Balaban J connectivity index is 1.49. The highest BCUT2D eigenvalue weighted by molar-refractivity contribution is 5.48. The lowest BCUT2D eigenvalue weighted by molar-refractivity contribution is 0.145. The van der Waals surface area contributed by atoms with Gasteiger partial charge in [-0.15, -0.1) is 0 Å². The van der Waals surface area contributed by atoms with E-state index in [2.05, 4.69) is 41.4 Å². The number of aliphatic hydroxyl groups is 1. The molecule has 1 aliphatic rings. The lowest BCUT2D eigenvalue weighted by atomic mass is 10.0.